The van der Waals surface area contributed by atoms with Crippen LogP contribution >= 0.6 is 23.7 Å². The molecule has 3 aromatic heterocycles. The van der Waals surface area contributed by atoms with Gasteiger partial charge in [0.15, 0.2) is 10.8 Å². The highest BCUT2D eigenvalue weighted by Crippen LogP contribution is 2.18. The average molecular weight is 353 g/mol. The van der Waals surface area contributed by atoms with Gasteiger partial charge in [-0.25, -0.2) is 14.6 Å². The maximum atomic E-state index is 4.60. The molecule has 1 unspecified atom stereocenters. The van der Waals surface area contributed by atoms with Crippen LogP contribution < -0.4 is 5.32 Å². The van der Waals surface area contributed by atoms with Crippen LogP contribution in [-0.2, 0) is 25.9 Å². The molecule has 8 heteroatoms. The molecular formula is C15H21ClN6S. The zero-order chi connectivity index (χ0) is 15.1. The number of aryl methyl sites for hydroxylation is 3. The number of aromatic nitrogens is 5. The lowest BCUT2D eigenvalue weighted by Crippen LogP contribution is -2.37. The Morgan fingerprint density at radius 2 is 2.26 bits per heavy atom. The second kappa shape index (κ2) is 6.59. The SMILES string of the molecule is CCc1nc2n(n1)CC(NCc1c(C)nc3sccn13)CC2.Cl. The summed E-state index contributed by atoms with van der Waals surface area (Å²) in [6.07, 6.45) is 5.13. The van der Waals surface area contributed by atoms with Crippen molar-refractivity contribution in [1.29, 1.82) is 0 Å². The molecule has 3 aromatic rings. The molecule has 0 spiro atoms. The largest absolute Gasteiger partial charge is 0.307 e. The number of halogens is 1. The van der Waals surface area contributed by atoms with Crippen LogP contribution in [0.3, 0.4) is 0 Å². The molecule has 0 saturated carbocycles. The molecule has 1 atom stereocenters. The summed E-state index contributed by atoms with van der Waals surface area (Å²) in [7, 11) is 0. The molecule has 1 aliphatic rings. The van der Waals surface area contributed by atoms with Gasteiger partial charge in [-0.05, 0) is 13.3 Å². The summed E-state index contributed by atoms with van der Waals surface area (Å²) < 4.78 is 4.26. The van der Waals surface area contributed by atoms with Crippen LogP contribution in [0.4, 0.5) is 0 Å². The van der Waals surface area contributed by atoms with Crippen molar-refractivity contribution in [3.05, 3.63) is 34.6 Å². The Bertz CT molecular complexity index is 804. The fourth-order valence-corrected chi connectivity index (χ4v) is 3.85. The zero-order valence-electron chi connectivity index (χ0n) is 13.3. The van der Waals surface area contributed by atoms with E-state index in [9.17, 15) is 0 Å². The van der Waals surface area contributed by atoms with E-state index in [1.807, 2.05) is 0 Å². The van der Waals surface area contributed by atoms with Gasteiger partial charge in [-0.3, -0.25) is 4.40 Å². The number of imidazole rings is 1. The number of hydrogen-bond donors (Lipinski definition) is 1. The first-order valence-electron chi connectivity index (χ1n) is 7.81. The lowest BCUT2D eigenvalue weighted by molar-refractivity contribution is 0.356. The van der Waals surface area contributed by atoms with E-state index in [0.29, 0.717) is 6.04 Å². The summed E-state index contributed by atoms with van der Waals surface area (Å²) in [5.74, 6) is 2.10. The molecule has 0 radical (unpaired) electrons. The fraction of sp³-hybridized carbons (Fsp3) is 0.533. The smallest absolute Gasteiger partial charge is 0.194 e. The number of nitrogens with zero attached hydrogens (tertiary/aromatic N) is 5. The van der Waals surface area contributed by atoms with Crippen LogP contribution in [0.15, 0.2) is 11.6 Å². The molecule has 124 valence electrons. The average Bonchev–Trinajstić information content (AvgIpc) is 3.18. The molecule has 1 N–H and O–H groups in total. The van der Waals surface area contributed by atoms with E-state index in [1.165, 1.54) is 5.69 Å². The number of thiazole rings is 1. The number of rotatable bonds is 4. The van der Waals surface area contributed by atoms with Crippen molar-refractivity contribution < 1.29 is 0 Å². The molecule has 0 aromatic carbocycles. The van der Waals surface area contributed by atoms with Crippen LogP contribution in [0.1, 0.15) is 36.4 Å². The van der Waals surface area contributed by atoms with Gasteiger partial charge in [0.25, 0.3) is 0 Å². The molecule has 0 amide bonds. The molecule has 1 aliphatic heterocycles. The molecule has 0 fully saturated rings. The maximum Gasteiger partial charge on any atom is 0.194 e. The Kier molecular flexibility index (Phi) is 4.70. The lowest BCUT2D eigenvalue weighted by Gasteiger charge is -2.23. The van der Waals surface area contributed by atoms with Gasteiger partial charge in [0.1, 0.15) is 5.82 Å². The standard InChI is InChI=1S/C15H20N6S.ClH/c1-3-13-18-14-5-4-11(9-21(14)19-13)16-8-12-10(2)17-15-20(12)6-7-22-15;/h6-7,11,16H,3-5,8-9H2,1-2H3;1H. The highest BCUT2D eigenvalue weighted by atomic mass is 35.5. The van der Waals surface area contributed by atoms with Crippen molar-refractivity contribution in [2.45, 2.75) is 52.2 Å². The first kappa shape index (κ1) is 16.4. The normalized spacial score (nSPS) is 17.2. The van der Waals surface area contributed by atoms with Crippen molar-refractivity contribution in [3.63, 3.8) is 0 Å². The van der Waals surface area contributed by atoms with Gasteiger partial charge in [-0.2, -0.15) is 5.10 Å². The summed E-state index contributed by atoms with van der Waals surface area (Å²) in [6.45, 7) is 5.94. The van der Waals surface area contributed by atoms with Crippen LogP contribution in [0.5, 0.6) is 0 Å². The molecule has 0 bridgehead atoms. The van der Waals surface area contributed by atoms with Gasteiger partial charge >= 0.3 is 0 Å². The van der Waals surface area contributed by atoms with Crippen LogP contribution in [-0.4, -0.2) is 30.2 Å². The summed E-state index contributed by atoms with van der Waals surface area (Å²) in [5, 5.41) is 10.3. The number of hydrogen-bond acceptors (Lipinski definition) is 5. The second-order valence-electron chi connectivity index (χ2n) is 5.80. The quantitative estimate of drug-likeness (QED) is 0.783. The molecule has 23 heavy (non-hydrogen) atoms. The summed E-state index contributed by atoms with van der Waals surface area (Å²) in [5.41, 5.74) is 2.37. The Balaban J connectivity index is 0.00000156. The Labute approximate surface area is 145 Å². The topological polar surface area (TPSA) is 60.0 Å². The monoisotopic (exact) mass is 352 g/mol. The lowest BCUT2D eigenvalue weighted by atomic mass is 10.1. The predicted molar refractivity (Wildman–Crippen MR) is 93.4 cm³/mol. The van der Waals surface area contributed by atoms with Crippen molar-refractivity contribution >= 4 is 28.7 Å². The Hall–Kier alpha value is -1.44. The summed E-state index contributed by atoms with van der Waals surface area (Å²) >= 11 is 1.68. The Morgan fingerprint density at radius 1 is 1.39 bits per heavy atom. The number of fused-ring (bicyclic) bond motifs is 2. The summed E-state index contributed by atoms with van der Waals surface area (Å²) in [4.78, 5) is 10.2. The third-order valence-electron chi connectivity index (χ3n) is 4.34. The maximum absolute atomic E-state index is 4.60. The third-order valence-corrected chi connectivity index (χ3v) is 5.09. The van der Waals surface area contributed by atoms with E-state index in [4.69, 9.17) is 0 Å². The van der Waals surface area contributed by atoms with Crippen LogP contribution in [0.2, 0.25) is 0 Å². The van der Waals surface area contributed by atoms with Crippen molar-refractivity contribution in [2.75, 3.05) is 0 Å². The Morgan fingerprint density at radius 3 is 3.09 bits per heavy atom. The highest BCUT2D eigenvalue weighted by molar-refractivity contribution is 7.15. The molecular weight excluding hydrogens is 332 g/mol. The minimum absolute atomic E-state index is 0. The van der Waals surface area contributed by atoms with Gasteiger partial charge in [0.2, 0.25) is 0 Å². The van der Waals surface area contributed by atoms with Crippen LogP contribution in [0.25, 0.3) is 4.96 Å². The zero-order valence-corrected chi connectivity index (χ0v) is 15.0. The van der Waals surface area contributed by atoms with E-state index in [1.54, 1.807) is 11.3 Å². The van der Waals surface area contributed by atoms with Crippen molar-refractivity contribution in [1.82, 2.24) is 29.5 Å². The van der Waals surface area contributed by atoms with Gasteiger partial charge in [0.05, 0.1) is 17.9 Å². The van der Waals surface area contributed by atoms with Crippen molar-refractivity contribution in [2.24, 2.45) is 0 Å². The van der Waals surface area contributed by atoms with E-state index in [0.717, 1.165) is 54.7 Å². The molecule has 6 nitrogen and oxygen atoms in total. The molecule has 4 rings (SSSR count). The minimum Gasteiger partial charge on any atom is -0.307 e. The molecule has 0 saturated heterocycles. The summed E-state index contributed by atoms with van der Waals surface area (Å²) in [6, 6.07) is 0.447. The first-order valence-corrected chi connectivity index (χ1v) is 8.69. The van der Waals surface area contributed by atoms with E-state index in [-0.39, 0.29) is 12.4 Å². The van der Waals surface area contributed by atoms with Crippen molar-refractivity contribution in [3.8, 4) is 0 Å². The van der Waals surface area contributed by atoms with E-state index < -0.39 is 0 Å². The third kappa shape index (κ3) is 3.00. The molecule has 0 aliphatic carbocycles. The van der Waals surface area contributed by atoms with E-state index in [2.05, 4.69) is 54.9 Å². The fourth-order valence-electron chi connectivity index (χ4n) is 3.07. The van der Waals surface area contributed by atoms with Gasteiger partial charge in [0, 0.05) is 37.0 Å². The first-order chi connectivity index (χ1) is 10.7. The van der Waals surface area contributed by atoms with E-state index >= 15 is 0 Å². The number of nitrogens with one attached hydrogen (secondary N) is 1. The minimum atomic E-state index is 0. The molecule has 4 heterocycles. The second-order valence-corrected chi connectivity index (χ2v) is 6.67. The van der Waals surface area contributed by atoms with Gasteiger partial charge in [-0.15, -0.1) is 23.7 Å². The van der Waals surface area contributed by atoms with Gasteiger partial charge in [-0.1, -0.05) is 6.92 Å². The highest BCUT2D eigenvalue weighted by Gasteiger charge is 2.21. The van der Waals surface area contributed by atoms with Gasteiger partial charge < -0.3 is 5.32 Å². The predicted octanol–water partition coefficient (Wildman–Crippen LogP) is 2.38. The van der Waals surface area contributed by atoms with Crippen LogP contribution in [0, 0.1) is 6.92 Å².